The van der Waals surface area contributed by atoms with Crippen LogP contribution in [-0.2, 0) is 10.0 Å². The van der Waals surface area contributed by atoms with Crippen molar-refractivity contribution in [2.75, 3.05) is 36.4 Å². The Morgan fingerprint density at radius 3 is 1.97 bits per heavy atom. The molecule has 0 aromatic heterocycles. The van der Waals surface area contributed by atoms with E-state index in [-0.39, 0.29) is 10.8 Å². The summed E-state index contributed by atoms with van der Waals surface area (Å²) < 4.78 is 29.2. The summed E-state index contributed by atoms with van der Waals surface area (Å²) in [6.07, 6.45) is 8.25. The number of carbonyl (C=O) groups is 1. The van der Waals surface area contributed by atoms with Crippen LogP contribution >= 0.6 is 11.6 Å². The molecule has 0 spiro atoms. The van der Waals surface area contributed by atoms with Crippen LogP contribution in [0.4, 0.5) is 11.4 Å². The van der Waals surface area contributed by atoms with Crippen LogP contribution in [0, 0.1) is 0 Å². The maximum absolute atomic E-state index is 13.8. The lowest BCUT2D eigenvalue weighted by Gasteiger charge is -2.28. The van der Waals surface area contributed by atoms with E-state index in [1.54, 1.807) is 40.7 Å². The number of anilines is 2. The van der Waals surface area contributed by atoms with E-state index in [0.29, 0.717) is 35.1 Å². The number of amides is 1. The Morgan fingerprint density at radius 2 is 1.36 bits per heavy atom. The number of hydrogen-bond acceptors (Lipinski definition) is 4. The van der Waals surface area contributed by atoms with Crippen molar-refractivity contribution in [2.45, 2.75) is 56.3 Å². The lowest BCUT2D eigenvalue weighted by molar-refractivity contribution is 0.102. The van der Waals surface area contributed by atoms with Crippen LogP contribution in [-0.4, -0.2) is 44.8 Å². The highest BCUT2D eigenvalue weighted by atomic mass is 35.5. The van der Waals surface area contributed by atoms with Gasteiger partial charge in [0.05, 0.1) is 5.69 Å². The quantitative estimate of drug-likeness (QED) is 0.598. The highest BCUT2D eigenvalue weighted by Crippen LogP contribution is 2.32. The monoisotopic (exact) mass is 489 g/mol. The van der Waals surface area contributed by atoms with Crippen molar-refractivity contribution in [3.63, 3.8) is 0 Å². The highest BCUT2D eigenvalue weighted by molar-refractivity contribution is 7.89. The van der Waals surface area contributed by atoms with Crippen molar-refractivity contribution in [1.82, 2.24) is 4.31 Å². The summed E-state index contributed by atoms with van der Waals surface area (Å²) in [6, 6.07) is 12.0. The second kappa shape index (κ2) is 10.9. The molecule has 2 aromatic rings. The Bertz CT molecular complexity index is 1060. The molecule has 2 heterocycles. The minimum Gasteiger partial charge on any atom is -0.370 e. The Labute approximate surface area is 202 Å². The third kappa shape index (κ3) is 5.89. The molecular formula is C25H32ClN3O3S. The van der Waals surface area contributed by atoms with Gasteiger partial charge in [-0.3, -0.25) is 4.79 Å². The largest absolute Gasteiger partial charge is 0.370 e. The summed E-state index contributed by atoms with van der Waals surface area (Å²) in [4.78, 5) is 15.4. The predicted octanol–water partition coefficient (Wildman–Crippen LogP) is 5.54. The summed E-state index contributed by atoms with van der Waals surface area (Å²) in [5.74, 6) is -0.341. The number of rotatable bonds is 5. The van der Waals surface area contributed by atoms with Gasteiger partial charge in [-0.15, -0.1) is 0 Å². The van der Waals surface area contributed by atoms with Crippen molar-refractivity contribution in [3.8, 4) is 0 Å². The Hall–Kier alpha value is -2.09. The van der Waals surface area contributed by atoms with Gasteiger partial charge in [0.25, 0.3) is 5.91 Å². The van der Waals surface area contributed by atoms with Crippen LogP contribution in [0.1, 0.15) is 61.7 Å². The van der Waals surface area contributed by atoms with Gasteiger partial charge in [0.15, 0.2) is 0 Å². The van der Waals surface area contributed by atoms with Gasteiger partial charge >= 0.3 is 0 Å². The molecule has 1 N–H and O–H groups in total. The third-order valence-electron chi connectivity index (χ3n) is 6.45. The number of nitrogens with one attached hydrogen (secondary N) is 1. The third-order valence-corrected chi connectivity index (χ3v) is 8.63. The van der Waals surface area contributed by atoms with E-state index in [1.807, 2.05) is 6.07 Å². The molecule has 2 aliphatic heterocycles. The molecule has 2 aliphatic rings. The van der Waals surface area contributed by atoms with Crippen LogP contribution in [0.3, 0.4) is 0 Å². The predicted molar refractivity (Wildman–Crippen MR) is 134 cm³/mol. The number of halogens is 1. The Kier molecular flexibility index (Phi) is 7.94. The smallest absolute Gasteiger partial charge is 0.255 e. The molecule has 0 atom stereocenters. The molecule has 8 heteroatoms. The number of carbonyl (C=O) groups excluding carboxylic acids is 1. The molecule has 4 rings (SSSR count). The van der Waals surface area contributed by atoms with Gasteiger partial charge in [-0.05, 0) is 68.1 Å². The van der Waals surface area contributed by atoms with Crippen LogP contribution in [0.2, 0.25) is 5.02 Å². The summed E-state index contributed by atoms with van der Waals surface area (Å²) in [5, 5.41) is 3.43. The fourth-order valence-electron chi connectivity index (χ4n) is 4.59. The second-order valence-corrected chi connectivity index (χ2v) is 11.2. The summed E-state index contributed by atoms with van der Waals surface area (Å²) in [6.45, 7) is 2.73. The number of nitrogens with zero attached hydrogens (tertiary/aromatic N) is 2. The van der Waals surface area contributed by atoms with E-state index < -0.39 is 10.0 Å². The molecular weight excluding hydrogens is 458 g/mol. The summed E-state index contributed by atoms with van der Waals surface area (Å²) in [7, 11) is -3.72. The van der Waals surface area contributed by atoms with Gasteiger partial charge in [-0.1, -0.05) is 37.3 Å². The normalized spacial score (nSPS) is 18.4. The SMILES string of the molecule is O=C(Nc1ccc(Cl)cc1)c1ccc(N2CCCCCC2)c(S(=O)(=O)N2CCCCCC2)c1. The minimum absolute atomic E-state index is 0.245. The maximum atomic E-state index is 13.8. The first-order valence-corrected chi connectivity index (χ1v) is 13.7. The van der Waals surface area contributed by atoms with Crippen molar-refractivity contribution < 1.29 is 13.2 Å². The molecule has 1 amide bonds. The molecule has 0 radical (unpaired) electrons. The molecule has 33 heavy (non-hydrogen) atoms. The number of sulfonamides is 1. The first-order valence-electron chi connectivity index (χ1n) is 11.9. The molecule has 2 aromatic carbocycles. The van der Waals surface area contributed by atoms with E-state index in [4.69, 9.17) is 11.6 Å². The van der Waals surface area contributed by atoms with Crippen LogP contribution < -0.4 is 10.2 Å². The summed E-state index contributed by atoms with van der Waals surface area (Å²) in [5.41, 5.74) is 1.65. The summed E-state index contributed by atoms with van der Waals surface area (Å²) >= 11 is 5.94. The standard InChI is InChI=1S/C25H32ClN3O3S/c26-21-10-12-22(13-11-21)27-25(30)20-9-14-23(28-15-5-1-2-6-16-28)24(19-20)33(31,32)29-17-7-3-4-8-18-29/h9-14,19H,1-8,15-18H2,(H,27,30). The van der Waals surface area contributed by atoms with Crippen LogP contribution in [0.5, 0.6) is 0 Å². The lowest BCUT2D eigenvalue weighted by Crippen LogP contribution is -2.34. The Balaban J connectivity index is 1.69. The van der Waals surface area contributed by atoms with Crippen molar-refractivity contribution in [1.29, 1.82) is 0 Å². The first kappa shape index (κ1) is 24.0. The van der Waals surface area contributed by atoms with Crippen molar-refractivity contribution in [2.24, 2.45) is 0 Å². The maximum Gasteiger partial charge on any atom is 0.255 e. The van der Waals surface area contributed by atoms with Gasteiger partial charge in [0.2, 0.25) is 10.0 Å². The molecule has 2 saturated heterocycles. The van der Waals surface area contributed by atoms with Crippen LogP contribution in [0.25, 0.3) is 0 Å². The number of benzene rings is 2. The highest BCUT2D eigenvalue weighted by Gasteiger charge is 2.30. The second-order valence-electron chi connectivity index (χ2n) is 8.86. The van der Waals surface area contributed by atoms with Crippen molar-refractivity contribution >= 4 is 38.9 Å². The first-order chi connectivity index (χ1) is 15.9. The minimum atomic E-state index is -3.72. The van der Waals surface area contributed by atoms with E-state index in [1.165, 1.54) is 0 Å². The molecule has 0 aliphatic carbocycles. The number of hydrogen-bond donors (Lipinski definition) is 1. The Morgan fingerprint density at radius 1 is 0.788 bits per heavy atom. The average Bonchev–Trinajstić information content (AvgIpc) is 3.26. The van der Waals surface area contributed by atoms with Crippen LogP contribution in [0.15, 0.2) is 47.4 Å². The molecule has 0 saturated carbocycles. The van der Waals surface area contributed by atoms with Gasteiger partial charge in [0.1, 0.15) is 4.90 Å². The molecule has 0 bridgehead atoms. The molecule has 0 unspecified atom stereocenters. The molecule has 2 fully saturated rings. The average molecular weight is 490 g/mol. The zero-order valence-electron chi connectivity index (χ0n) is 18.9. The van der Waals surface area contributed by atoms with Gasteiger partial charge < -0.3 is 10.2 Å². The van der Waals surface area contributed by atoms with E-state index in [2.05, 4.69) is 10.2 Å². The van der Waals surface area contributed by atoms with Gasteiger partial charge in [-0.2, -0.15) is 4.31 Å². The van der Waals surface area contributed by atoms with E-state index in [0.717, 1.165) is 64.5 Å². The van der Waals surface area contributed by atoms with Crippen molar-refractivity contribution in [3.05, 3.63) is 53.1 Å². The fourth-order valence-corrected chi connectivity index (χ4v) is 6.47. The zero-order chi connectivity index (χ0) is 23.3. The zero-order valence-corrected chi connectivity index (χ0v) is 20.5. The molecule has 6 nitrogen and oxygen atoms in total. The molecule has 178 valence electrons. The van der Waals surface area contributed by atoms with E-state index >= 15 is 0 Å². The van der Waals surface area contributed by atoms with Gasteiger partial charge in [-0.25, -0.2) is 8.42 Å². The lowest BCUT2D eigenvalue weighted by atomic mass is 10.1. The van der Waals surface area contributed by atoms with E-state index in [9.17, 15) is 13.2 Å². The topological polar surface area (TPSA) is 69.7 Å². The fraction of sp³-hybridized carbons (Fsp3) is 0.480. The van der Waals surface area contributed by atoms with Gasteiger partial charge in [0, 0.05) is 42.5 Å².